The number of rotatable bonds is 6. The Bertz CT molecular complexity index is 1460. The van der Waals surface area contributed by atoms with Gasteiger partial charge in [0.15, 0.2) is 0 Å². The molecule has 12 heteroatoms. The fraction of sp³-hybridized carbons (Fsp3) is 0.217. The van der Waals surface area contributed by atoms with Gasteiger partial charge in [-0.15, -0.1) is 0 Å². The van der Waals surface area contributed by atoms with Crippen molar-refractivity contribution in [2.75, 3.05) is 36.4 Å². The average Bonchev–Trinajstić information content (AvgIpc) is 2.80. The summed E-state index contributed by atoms with van der Waals surface area (Å²) in [6.45, 7) is -0.220. The van der Waals surface area contributed by atoms with E-state index in [1.54, 1.807) is 42.6 Å². The molecule has 0 saturated heterocycles. The zero-order chi connectivity index (χ0) is 25.3. The number of nitrogens with zero attached hydrogens (tertiary/aromatic N) is 2. The van der Waals surface area contributed by atoms with Crippen molar-refractivity contribution in [3.8, 4) is 0 Å². The number of pyridine rings is 1. The van der Waals surface area contributed by atoms with Gasteiger partial charge in [-0.25, -0.2) is 8.42 Å². The number of nitrogens with one attached hydrogen (secondary N) is 3. The highest BCUT2D eigenvalue weighted by Crippen LogP contribution is 2.33. The average molecular weight is 516 g/mol. The Morgan fingerprint density at radius 2 is 1.94 bits per heavy atom. The fourth-order valence-electron chi connectivity index (χ4n) is 3.96. The van der Waals surface area contributed by atoms with Crippen LogP contribution in [-0.4, -0.2) is 62.4 Å². The largest absolute Gasteiger partial charge is 0.358 e. The first-order chi connectivity index (χ1) is 16.6. The number of benzene rings is 2. The predicted octanol–water partition coefficient (Wildman–Crippen LogP) is 2.18. The molecule has 182 valence electrons. The molecule has 3 amide bonds. The number of anilines is 2. The molecule has 0 bridgehead atoms. The van der Waals surface area contributed by atoms with Crippen LogP contribution < -0.4 is 15.4 Å². The van der Waals surface area contributed by atoms with Crippen molar-refractivity contribution < 1.29 is 22.8 Å². The Morgan fingerprint density at radius 3 is 2.66 bits per heavy atom. The number of fused-ring (bicyclic) bond motifs is 2. The van der Waals surface area contributed by atoms with Gasteiger partial charge in [-0.2, -0.15) is 0 Å². The summed E-state index contributed by atoms with van der Waals surface area (Å²) in [4.78, 5) is 43.8. The molecular formula is C23H22ClN5O5S. The molecule has 1 aromatic heterocycles. The smallest absolute Gasteiger partial charge is 0.254 e. The van der Waals surface area contributed by atoms with Crippen LogP contribution in [0.15, 0.2) is 48.8 Å². The number of aromatic nitrogens is 1. The molecule has 3 N–H and O–H groups in total. The molecule has 10 nitrogen and oxygen atoms in total. The van der Waals surface area contributed by atoms with Crippen molar-refractivity contribution in [1.29, 1.82) is 0 Å². The molecule has 1 aliphatic heterocycles. The lowest BCUT2D eigenvalue weighted by Gasteiger charge is -2.33. The normalized spacial score (nSPS) is 15.5. The van der Waals surface area contributed by atoms with E-state index in [1.807, 2.05) is 0 Å². The first-order valence-electron chi connectivity index (χ1n) is 10.5. The number of likely N-dealkylation sites (N-methyl/N-ethyl adjacent to an activating group) is 1. The van der Waals surface area contributed by atoms with E-state index >= 15 is 0 Å². The summed E-state index contributed by atoms with van der Waals surface area (Å²) < 4.78 is 25.7. The highest BCUT2D eigenvalue weighted by molar-refractivity contribution is 7.92. The predicted molar refractivity (Wildman–Crippen MR) is 133 cm³/mol. The van der Waals surface area contributed by atoms with Crippen molar-refractivity contribution in [2.45, 2.75) is 5.92 Å². The minimum absolute atomic E-state index is 0.0233. The van der Waals surface area contributed by atoms with E-state index in [2.05, 4.69) is 20.3 Å². The van der Waals surface area contributed by atoms with Gasteiger partial charge >= 0.3 is 0 Å². The highest BCUT2D eigenvalue weighted by atomic mass is 35.5. The topological polar surface area (TPSA) is 138 Å². The number of amides is 3. The zero-order valence-electron chi connectivity index (χ0n) is 18.8. The van der Waals surface area contributed by atoms with Crippen LogP contribution >= 0.6 is 11.6 Å². The molecule has 0 radical (unpaired) electrons. The Labute approximate surface area is 206 Å². The Morgan fingerprint density at radius 1 is 1.17 bits per heavy atom. The van der Waals surface area contributed by atoms with Crippen LogP contribution in [0.5, 0.6) is 0 Å². The fourth-order valence-corrected chi connectivity index (χ4v) is 4.70. The molecule has 0 fully saturated rings. The Kier molecular flexibility index (Phi) is 6.64. The lowest BCUT2D eigenvalue weighted by Crippen LogP contribution is -2.47. The van der Waals surface area contributed by atoms with Gasteiger partial charge in [-0.3, -0.25) is 24.1 Å². The summed E-state index contributed by atoms with van der Waals surface area (Å²) in [5, 5.41) is 6.96. The minimum atomic E-state index is -3.50. The summed E-state index contributed by atoms with van der Waals surface area (Å²) >= 11 is 6.16. The Hall–Kier alpha value is -3.70. The second kappa shape index (κ2) is 9.51. The molecule has 2 heterocycles. The molecule has 4 rings (SSSR count). The van der Waals surface area contributed by atoms with Crippen LogP contribution in [0.4, 0.5) is 11.4 Å². The molecule has 1 atom stereocenters. The van der Waals surface area contributed by atoms with E-state index in [0.29, 0.717) is 38.3 Å². The maximum absolute atomic E-state index is 13.5. The molecule has 1 aliphatic rings. The molecule has 2 aromatic carbocycles. The summed E-state index contributed by atoms with van der Waals surface area (Å²) in [5.41, 5.74) is 1.45. The summed E-state index contributed by atoms with van der Waals surface area (Å²) in [5.74, 6) is -1.97. The highest BCUT2D eigenvalue weighted by Gasteiger charge is 2.36. The summed E-state index contributed by atoms with van der Waals surface area (Å²) in [6, 6.07) is 9.55. The third-order valence-corrected chi connectivity index (χ3v) is 6.40. The van der Waals surface area contributed by atoms with Gasteiger partial charge in [0, 0.05) is 46.8 Å². The summed E-state index contributed by atoms with van der Waals surface area (Å²) in [6.07, 6.45) is 4.10. The van der Waals surface area contributed by atoms with Crippen molar-refractivity contribution in [1.82, 2.24) is 15.2 Å². The van der Waals surface area contributed by atoms with Gasteiger partial charge in [0.25, 0.3) is 5.91 Å². The second-order valence-corrected chi connectivity index (χ2v) is 10.3. The molecule has 0 aliphatic carbocycles. The van der Waals surface area contributed by atoms with Gasteiger partial charge in [0.2, 0.25) is 21.8 Å². The van der Waals surface area contributed by atoms with E-state index in [9.17, 15) is 22.8 Å². The molecule has 0 spiro atoms. The third-order valence-electron chi connectivity index (χ3n) is 5.56. The maximum atomic E-state index is 13.5. The number of hydrogen-bond donors (Lipinski definition) is 3. The van der Waals surface area contributed by atoms with Crippen molar-refractivity contribution >= 4 is 61.5 Å². The van der Waals surface area contributed by atoms with E-state index < -0.39 is 21.8 Å². The van der Waals surface area contributed by atoms with Crippen LogP contribution in [0.1, 0.15) is 21.8 Å². The summed E-state index contributed by atoms with van der Waals surface area (Å²) in [7, 11) is -2.03. The van der Waals surface area contributed by atoms with Gasteiger partial charge in [0.1, 0.15) is 0 Å². The minimum Gasteiger partial charge on any atom is -0.358 e. The van der Waals surface area contributed by atoms with Crippen LogP contribution in [0, 0.1) is 0 Å². The van der Waals surface area contributed by atoms with Gasteiger partial charge in [0.05, 0.1) is 30.6 Å². The third kappa shape index (κ3) is 5.36. The number of carbonyl (C=O) groups excluding carboxylic acids is 3. The van der Waals surface area contributed by atoms with E-state index in [4.69, 9.17) is 11.6 Å². The molecule has 0 unspecified atom stereocenters. The number of sulfonamides is 1. The van der Waals surface area contributed by atoms with Crippen LogP contribution in [0.25, 0.3) is 10.8 Å². The second-order valence-electron chi connectivity index (χ2n) is 8.13. The van der Waals surface area contributed by atoms with Crippen molar-refractivity contribution in [2.24, 2.45) is 0 Å². The molecule has 35 heavy (non-hydrogen) atoms. The zero-order valence-corrected chi connectivity index (χ0v) is 20.4. The maximum Gasteiger partial charge on any atom is 0.254 e. The Balaban J connectivity index is 1.70. The van der Waals surface area contributed by atoms with Gasteiger partial charge < -0.3 is 15.5 Å². The van der Waals surface area contributed by atoms with E-state index in [-0.39, 0.29) is 24.9 Å². The van der Waals surface area contributed by atoms with Crippen LogP contribution in [0.2, 0.25) is 5.02 Å². The molecule has 0 saturated carbocycles. The monoisotopic (exact) mass is 515 g/mol. The van der Waals surface area contributed by atoms with Crippen LogP contribution in [-0.2, 0) is 19.6 Å². The number of halogens is 1. The number of hydrogen-bond acceptors (Lipinski definition) is 6. The lowest BCUT2D eigenvalue weighted by atomic mass is 9.88. The van der Waals surface area contributed by atoms with Gasteiger partial charge in [-0.05, 0) is 35.9 Å². The lowest BCUT2D eigenvalue weighted by molar-refractivity contribution is -0.122. The van der Waals surface area contributed by atoms with Crippen molar-refractivity contribution in [3.05, 3.63) is 64.9 Å². The van der Waals surface area contributed by atoms with E-state index in [1.165, 1.54) is 18.1 Å². The van der Waals surface area contributed by atoms with Crippen LogP contribution in [0.3, 0.4) is 0 Å². The van der Waals surface area contributed by atoms with Gasteiger partial charge in [-0.1, -0.05) is 17.7 Å². The molecular weight excluding hydrogens is 494 g/mol. The van der Waals surface area contributed by atoms with Crippen molar-refractivity contribution in [3.63, 3.8) is 0 Å². The quantitative estimate of drug-likeness (QED) is 0.460. The first kappa shape index (κ1) is 24.4. The SMILES string of the molecule is CNC(=O)CN1C[C@@H](C(=O)Nc2cncc3ccc(NS(C)(=O)=O)cc23)c2cc(Cl)ccc2C1=O. The first-order valence-corrected chi connectivity index (χ1v) is 12.8. The number of carbonyl (C=O) groups is 3. The standard InChI is InChI=1S/C23H22ClN5O5S/c1-25-21(30)12-29-11-19(18-7-14(24)4-6-16(18)23(29)32)22(31)27-20-10-26-9-13-3-5-15(8-17(13)20)28-35(2,33)34/h3-10,19,28H,11-12H2,1-2H3,(H,25,30)(H,27,31)/t19-/m1/s1. The molecule has 3 aromatic rings. The van der Waals surface area contributed by atoms with E-state index in [0.717, 1.165) is 6.26 Å².